The SMILES string of the molecule is CC(CCNS(=O)(=O)c1cccs1)c1ccc2c(c1)OCCO2. The molecular formula is C16H19NO4S2. The Bertz CT molecular complexity index is 756. The molecule has 0 amide bonds. The maximum Gasteiger partial charge on any atom is 0.250 e. The van der Waals surface area contributed by atoms with Crippen molar-refractivity contribution in [3.05, 3.63) is 41.3 Å². The van der Waals surface area contributed by atoms with E-state index in [4.69, 9.17) is 9.47 Å². The molecule has 5 nitrogen and oxygen atoms in total. The largest absolute Gasteiger partial charge is 0.486 e. The average molecular weight is 353 g/mol. The van der Waals surface area contributed by atoms with E-state index in [0.717, 1.165) is 17.1 Å². The van der Waals surface area contributed by atoms with E-state index in [1.54, 1.807) is 17.5 Å². The molecule has 0 saturated carbocycles. The third kappa shape index (κ3) is 3.85. The quantitative estimate of drug-likeness (QED) is 0.867. The number of fused-ring (bicyclic) bond motifs is 1. The highest BCUT2D eigenvalue weighted by Crippen LogP contribution is 2.33. The van der Waals surface area contributed by atoms with E-state index in [-0.39, 0.29) is 5.92 Å². The molecule has 124 valence electrons. The number of sulfonamides is 1. The second-order valence-electron chi connectivity index (χ2n) is 5.42. The van der Waals surface area contributed by atoms with Gasteiger partial charge in [0.05, 0.1) is 0 Å². The summed E-state index contributed by atoms with van der Waals surface area (Å²) in [5.74, 6) is 1.75. The Hall–Kier alpha value is -1.57. The molecule has 7 heteroatoms. The minimum atomic E-state index is -3.39. The van der Waals surface area contributed by atoms with Crippen molar-refractivity contribution in [3.63, 3.8) is 0 Å². The molecule has 0 bridgehead atoms. The van der Waals surface area contributed by atoms with Gasteiger partial charge in [-0.25, -0.2) is 13.1 Å². The van der Waals surface area contributed by atoms with Gasteiger partial charge in [0.15, 0.2) is 11.5 Å². The Morgan fingerprint density at radius 1 is 1.22 bits per heavy atom. The van der Waals surface area contributed by atoms with Gasteiger partial charge in [0.2, 0.25) is 10.0 Å². The Labute approximate surface area is 140 Å². The van der Waals surface area contributed by atoms with Crippen LogP contribution in [0.1, 0.15) is 24.8 Å². The number of rotatable bonds is 6. The first kappa shape index (κ1) is 16.3. The highest BCUT2D eigenvalue weighted by molar-refractivity contribution is 7.91. The van der Waals surface area contributed by atoms with Crippen LogP contribution >= 0.6 is 11.3 Å². The molecule has 23 heavy (non-hydrogen) atoms. The summed E-state index contributed by atoms with van der Waals surface area (Å²) in [4.78, 5) is 0. The van der Waals surface area contributed by atoms with Crippen LogP contribution < -0.4 is 14.2 Å². The molecular weight excluding hydrogens is 334 g/mol. The Morgan fingerprint density at radius 2 is 2.00 bits per heavy atom. The minimum absolute atomic E-state index is 0.219. The maximum absolute atomic E-state index is 12.1. The van der Waals surface area contributed by atoms with Crippen molar-refractivity contribution in [3.8, 4) is 11.5 Å². The van der Waals surface area contributed by atoms with E-state index >= 15 is 0 Å². The summed E-state index contributed by atoms with van der Waals surface area (Å²) in [5, 5.41) is 1.76. The summed E-state index contributed by atoms with van der Waals surface area (Å²) in [7, 11) is -3.39. The second kappa shape index (κ2) is 6.90. The Morgan fingerprint density at radius 3 is 2.74 bits per heavy atom. The predicted molar refractivity (Wildman–Crippen MR) is 90.0 cm³/mol. The summed E-state index contributed by atoms with van der Waals surface area (Å²) < 4.78 is 38.2. The summed E-state index contributed by atoms with van der Waals surface area (Å²) in [6.07, 6.45) is 0.713. The van der Waals surface area contributed by atoms with Crippen LogP contribution in [0.15, 0.2) is 39.9 Å². The van der Waals surface area contributed by atoms with Crippen molar-refractivity contribution in [2.45, 2.75) is 23.5 Å². The second-order valence-corrected chi connectivity index (χ2v) is 8.36. The van der Waals surface area contributed by atoms with Gasteiger partial charge >= 0.3 is 0 Å². The summed E-state index contributed by atoms with van der Waals surface area (Å²) in [6, 6.07) is 9.24. The van der Waals surface area contributed by atoms with Gasteiger partial charge in [-0.15, -0.1) is 11.3 Å². The number of nitrogens with one attached hydrogen (secondary N) is 1. The standard InChI is InChI=1S/C16H19NO4S2/c1-12(6-7-17-23(18,19)16-3-2-10-22-16)13-4-5-14-15(11-13)21-9-8-20-14/h2-5,10-12,17H,6-9H2,1H3. The zero-order valence-corrected chi connectivity index (χ0v) is 14.5. The first-order chi connectivity index (χ1) is 11.1. The normalized spacial score (nSPS) is 15.3. The highest BCUT2D eigenvalue weighted by atomic mass is 32.2. The summed E-state index contributed by atoms with van der Waals surface area (Å²) >= 11 is 1.22. The van der Waals surface area contributed by atoms with Crippen LogP contribution in [0.5, 0.6) is 11.5 Å². The fourth-order valence-electron chi connectivity index (χ4n) is 2.43. The molecule has 0 aliphatic carbocycles. The van der Waals surface area contributed by atoms with Crippen LogP contribution in [0.2, 0.25) is 0 Å². The molecule has 1 aromatic carbocycles. The lowest BCUT2D eigenvalue weighted by molar-refractivity contribution is 0.171. The zero-order chi connectivity index (χ0) is 16.3. The molecule has 1 aliphatic rings. The first-order valence-corrected chi connectivity index (χ1v) is 9.85. The molecule has 1 atom stereocenters. The molecule has 0 radical (unpaired) electrons. The van der Waals surface area contributed by atoms with Gasteiger partial charge in [-0.2, -0.15) is 0 Å². The number of hydrogen-bond donors (Lipinski definition) is 1. The van der Waals surface area contributed by atoms with Gasteiger partial charge in [-0.05, 0) is 41.5 Å². The van der Waals surface area contributed by atoms with Crippen LogP contribution in [0.25, 0.3) is 0 Å². The van der Waals surface area contributed by atoms with Crippen LogP contribution in [0, 0.1) is 0 Å². The van der Waals surface area contributed by atoms with E-state index in [0.29, 0.717) is 30.4 Å². The number of thiophene rings is 1. The van der Waals surface area contributed by atoms with Crippen molar-refractivity contribution < 1.29 is 17.9 Å². The molecule has 2 aromatic rings. The van der Waals surface area contributed by atoms with Crippen LogP contribution in [0.4, 0.5) is 0 Å². The monoisotopic (exact) mass is 353 g/mol. The Balaban J connectivity index is 1.58. The molecule has 1 unspecified atom stereocenters. The fraction of sp³-hybridized carbons (Fsp3) is 0.375. The molecule has 1 aromatic heterocycles. The number of ether oxygens (including phenoxy) is 2. The number of benzene rings is 1. The van der Waals surface area contributed by atoms with Crippen LogP contribution in [-0.2, 0) is 10.0 Å². The first-order valence-electron chi connectivity index (χ1n) is 7.49. The van der Waals surface area contributed by atoms with Crippen molar-refractivity contribution in [1.29, 1.82) is 0 Å². The van der Waals surface area contributed by atoms with Crippen LogP contribution in [-0.4, -0.2) is 28.2 Å². The average Bonchev–Trinajstić information content (AvgIpc) is 3.09. The summed E-state index contributed by atoms with van der Waals surface area (Å²) in [5.41, 5.74) is 1.12. The van der Waals surface area contributed by atoms with E-state index in [1.807, 2.05) is 18.2 Å². The molecule has 0 saturated heterocycles. The van der Waals surface area contributed by atoms with E-state index in [1.165, 1.54) is 11.3 Å². The fourth-order valence-corrected chi connectivity index (χ4v) is 4.52. The van der Waals surface area contributed by atoms with E-state index in [2.05, 4.69) is 11.6 Å². The number of hydrogen-bond acceptors (Lipinski definition) is 5. The molecule has 1 aliphatic heterocycles. The third-order valence-corrected chi connectivity index (χ3v) is 6.62. The molecule has 0 fully saturated rings. The molecule has 2 heterocycles. The predicted octanol–water partition coefficient (Wildman–Crippen LogP) is 2.99. The zero-order valence-electron chi connectivity index (χ0n) is 12.8. The topological polar surface area (TPSA) is 64.6 Å². The van der Waals surface area contributed by atoms with Crippen molar-refractivity contribution >= 4 is 21.4 Å². The lowest BCUT2D eigenvalue weighted by Crippen LogP contribution is -2.25. The minimum Gasteiger partial charge on any atom is -0.486 e. The molecule has 0 spiro atoms. The Kier molecular flexibility index (Phi) is 4.89. The van der Waals surface area contributed by atoms with Crippen molar-refractivity contribution in [2.24, 2.45) is 0 Å². The molecule has 1 N–H and O–H groups in total. The molecule has 3 rings (SSSR count). The lowest BCUT2D eigenvalue weighted by atomic mass is 9.97. The van der Waals surface area contributed by atoms with E-state index < -0.39 is 10.0 Å². The van der Waals surface area contributed by atoms with Gasteiger partial charge in [0, 0.05) is 6.54 Å². The smallest absolute Gasteiger partial charge is 0.250 e. The summed E-state index contributed by atoms with van der Waals surface area (Å²) in [6.45, 7) is 3.61. The van der Waals surface area contributed by atoms with Gasteiger partial charge in [0.1, 0.15) is 17.4 Å². The van der Waals surface area contributed by atoms with E-state index in [9.17, 15) is 8.42 Å². The van der Waals surface area contributed by atoms with Crippen molar-refractivity contribution in [1.82, 2.24) is 4.72 Å². The van der Waals surface area contributed by atoms with Gasteiger partial charge in [-0.3, -0.25) is 0 Å². The van der Waals surface area contributed by atoms with Crippen LogP contribution in [0.3, 0.4) is 0 Å². The third-order valence-electron chi connectivity index (χ3n) is 3.76. The van der Waals surface area contributed by atoms with Crippen molar-refractivity contribution in [2.75, 3.05) is 19.8 Å². The van der Waals surface area contributed by atoms with Gasteiger partial charge in [-0.1, -0.05) is 19.1 Å². The highest BCUT2D eigenvalue weighted by Gasteiger charge is 2.17. The van der Waals surface area contributed by atoms with Gasteiger partial charge < -0.3 is 9.47 Å². The maximum atomic E-state index is 12.1. The lowest BCUT2D eigenvalue weighted by Gasteiger charge is -2.20. The van der Waals surface area contributed by atoms with Gasteiger partial charge in [0.25, 0.3) is 0 Å².